The number of fused-ring (bicyclic) bond motifs is 1. The second-order valence-electron chi connectivity index (χ2n) is 7.48. The maximum atomic E-state index is 13.1. The number of carbonyl (C=O) groups excluding carboxylic acids is 2. The van der Waals surface area contributed by atoms with Gasteiger partial charge in [-0.25, -0.2) is 4.98 Å². The summed E-state index contributed by atoms with van der Waals surface area (Å²) in [6.07, 6.45) is 0. The molecule has 6 nitrogen and oxygen atoms in total. The Kier molecular flexibility index (Phi) is 5.78. The molecule has 1 heterocycles. The van der Waals surface area contributed by atoms with Crippen LogP contribution in [0.2, 0.25) is 10.0 Å². The fraction of sp³-hybridized carbons (Fsp3) is 0.238. The highest BCUT2D eigenvalue weighted by molar-refractivity contribution is 6.42. The summed E-state index contributed by atoms with van der Waals surface area (Å²) in [4.78, 5) is 29.6. The SMILES string of the molecule is CC(C)(C)C(=O)OCc1nc2cc(Cl)c(Cl)cc2[n+]([O-])c1C(=O)c1ccccc1. The lowest BCUT2D eigenvalue weighted by molar-refractivity contribution is -0.580. The third-order valence-electron chi connectivity index (χ3n) is 4.17. The maximum Gasteiger partial charge on any atom is 0.311 e. The highest BCUT2D eigenvalue weighted by Crippen LogP contribution is 2.27. The first-order valence-corrected chi connectivity index (χ1v) is 9.53. The molecule has 0 fully saturated rings. The molecule has 0 radical (unpaired) electrons. The minimum Gasteiger partial charge on any atom is -0.618 e. The number of hydrogen-bond acceptors (Lipinski definition) is 5. The van der Waals surface area contributed by atoms with Crippen LogP contribution in [0.25, 0.3) is 11.0 Å². The Morgan fingerprint density at radius 1 is 1.10 bits per heavy atom. The van der Waals surface area contributed by atoms with Gasteiger partial charge in [-0.1, -0.05) is 53.5 Å². The second kappa shape index (κ2) is 7.97. The van der Waals surface area contributed by atoms with Crippen molar-refractivity contribution in [3.63, 3.8) is 0 Å². The van der Waals surface area contributed by atoms with E-state index in [-0.39, 0.29) is 39.1 Å². The number of halogens is 2. The lowest BCUT2D eigenvalue weighted by atomic mass is 9.97. The number of rotatable bonds is 4. The molecule has 3 aromatic rings. The Bertz CT molecular complexity index is 1110. The molecule has 0 amide bonds. The fourth-order valence-corrected chi connectivity index (χ4v) is 2.93. The monoisotopic (exact) mass is 432 g/mol. The van der Waals surface area contributed by atoms with Gasteiger partial charge in [-0.15, -0.1) is 0 Å². The van der Waals surface area contributed by atoms with Crippen LogP contribution >= 0.6 is 23.2 Å². The van der Waals surface area contributed by atoms with Crippen molar-refractivity contribution in [1.82, 2.24) is 4.98 Å². The molecule has 1 aromatic heterocycles. The Morgan fingerprint density at radius 2 is 1.72 bits per heavy atom. The van der Waals surface area contributed by atoms with Gasteiger partial charge >= 0.3 is 5.97 Å². The molecule has 0 saturated heterocycles. The fourth-order valence-electron chi connectivity index (χ4n) is 2.61. The Hall–Kier alpha value is -2.70. The molecule has 0 aliphatic carbocycles. The van der Waals surface area contributed by atoms with Crippen molar-refractivity contribution in [2.75, 3.05) is 0 Å². The number of hydrogen-bond donors (Lipinski definition) is 0. The number of carbonyl (C=O) groups is 2. The lowest BCUT2D eigenvalue weighted by Gasteiger charge is -2.17. The van der Waals surface area contributed by atoms with Crippen LogP contribution in [0.3, 0.4) is 0 Å². The summed E-state index contributed by atoms with van der Waals surface area (Å²) in [5, 5.41) is 13.5. The summed E-state index contributed by atoms with van der Waals surface area (Å²) < 4.78 is 5.77. The number of nitrogens with zero attached hydrogens (tertiary/aromatic N) is 2. The van der Waals surface area contributed by atoms with Crippen LogP contribution in [0.1, 0.15) is 42.5 Å². The van der Waals surface area contributed by atoms with E-state index in [1.807, 2.05) is 0 Å². The summed E-state index contributed by atoms with van der Waals surface area (Å²) in [7, 11) is 0. The van der Waals surface area contributed by atoms with Crippen LogP contribution in [0.15, 0.2) is 42.5 Å². The largest absolute Gasteiger partial charge is 0.618 e. The van der Waals surface area contributed by atoms with Crippen molar-refractivity contribution >= 4 is 46.0 Å². The normalized spacial score (nSPS) is 11.5. The van der Waals surface area contributed by atoms with Gasteiger partial charge in [0.2, 0.25) is 5.52 Å². The zero-order valence-corrected chi connectivity index (χ0v) is 17.5. The van der Waals surface area contributed by atoms with Gasteiger partial charge in [0, 0.05) is 11.6 Å². The van der Waals surface area contributed by atoms with Gasteiger partial charge in [-0.05, 0) is 26.8 Å². The van der Waals surface area contributed by atoms with Crippen LogP contribution in [0.5, 0.6) is 0 Å². The van der Waals surface area contributed by atoms with Crippen molar-refractivity contribution < 1.29 is 19.1 Å². The Balaban J connectivity index is 2.17. The van der Waals surface area contributed by atoms with Gasteiger partial charge in [-0.3, -0.25) is 9.59 Å². The molecule has 0 saturated carbocycles. The minimum atomic E-state index is -0.745. The van der Waals surface area contributed by atoms with Crippen molar-refractivity contribution in [3.8, 4) is 0 Å². The van der Waals surface area contributed by atoms with Crippen molar-refractivity contribution in [3.05, 3.63) is 74.7 Å². The number of esters is 1. The number of benzene rings is 2. The molecule has 3 rings (SSSR count). The van der Waals surface area contributed by atoms with E-state index in [2.05, 4.69) is 4.98 Å². The summed E-state index contributed by atoms with van der Waals surface area (Å²) >= 11 is 12.1. The molecule has 0 unspecified atom stereocenters. The number of ether oxygens (including phenoxy) is 1. The average Bonchev–Trinajstić information content (AvgIpc) is 2.67. The molecule has 0 spiro atoms. The maximum absolute atomic E-state index is 13.1. The van der Waals surface area contributed by atoms with Gasteiger partial charge in [0.1, 0.15) is 12.1 Å². The zero-order chi connectivity index (χ0) is 21.3. The third kappa shape index (κ3) is 4.33. The third-order valence-corrected chi connectivity index (χ3v) is 4.89. The zero-order valence-electron chi connectivity index (χ0n) is 16.0. The quantitative estimate of drug-likeness (QED) is 0.262. The first-order chi connectivity index (χ1) is 13.6. The van der Waals surface area contributed by atoms with E-state index >= 15 is 0 Å². The van der Waals surface area contributed by atoms with Gasteiger partial charge in [0.25, 0.3) is 11.5 Å². The van der Waals surface area contributed by atoms with E-state index in [0.717, 1.165) is 0 Å². The van der Waals surface area contributed by atoms with E-state index in [0.29, 0.717) is 10.3 Å². The van der Waals surface area contributed by atoms with Crippen LogP contribution in [-0.4, -0.2) is 16.7 Å². The predicted octanol–water partition coefficient (Wildman–Crippen LogP) is 4.50. The van der Waals surface area contributed by atoms with Crippen molar-refractivity contribution in [2.24, 2.45) is 5.41 Å². The molecule has 8 heteroatoms. The smallest absolute Gasteiger partial charge is 0.311 e. The molecule has 0 atom stereocenters. The van der Waals surface area contributed by atoms with Crippen LogP contribution < -0.4 is 4.73 Å². The topological polar surface area (TPSA) is 83.2 Å². The van der Waals surface area contributed by atoms with E-state index < -0.39 is 17.2 Å². The summed E-state index contributed by atoms with van der Waals surface area (Å²) in [5.74, 6) is -1.02. The standard InChI is InChI=1S/C21H18Cl2N2O4/c1-21(2,3)20(27)29-11-16-18(19(26)12-7-5-4-6-8-12)25(28)17-10-14(23)13(22)9-15(17)24-16/h4-10H,11H2,1-3H3. The van der Waals surface area contributed by atoms with Crippen molar-refractivity contribution in [1.29, 1.82) is 0 Å². The Labute approximate surface area is 177 Å². The molecule has 0 N–H and O–H groups in total. The lowest BCUT2D eigenvalue weighted by Crippen LogP contribution is -2.38. The first-order valence-electron chi connectivity index (χ1n) is 8.77. The Morgan fingerprint density at radius 3 is 2.34 bits per heavy atom. The van der Waals surface area contributed by atoms with E-state index in [1.54, 1.807) is 51.1 Å². The molecule has 0 aliphatic rings. The average molecular weight is 433 g/mol. The van der Waals surface area contributed by atoms with Gasteiger partial charge in [0.05, 0.1) is 15.5 Å². The predicted molar refractivity (Wildman–Crippen MR) is 110 cm³/mol. The molecule has 0 aliphatic heterocycles. The van der Waals surface area contributed by atoms with E-state index in [4.69, 9.17) is 27.9 Å². The number of aromatic nitrogens is 2. The summed E-state index contributed by atoms with van der Waals surface area (Å²) in [6, 6.07) is 11.1. The first kappa shape index (κ1) is 21.0. The van der Waals surface area contributed by atoms with E-state index in [9.17, 15) is 14.8 Å². The molecular weight excluding hydrogens is 415 g/mol. The number of ketones is 1. The van der Waals surface area contributed by atoms with Crippen LogP contribution in [-0.2, 0) is 16.1 Å². The highest BCUT2D eigenvalue weighted by atomic mass is 35.5. The van der Waals surface area contributed by atoms with Crippen LogP contribution in [0.4, 0.5) is 0 Å². The summed E-state index contributed by atoms with van der Waals surface area (Å²) in [5.41, 5.74) is -0.307. The molecule has 2 aromatic carbocycles. The second-order valence-corrected chi connectivity index (χ2v) is 8.29. The van der Waals surface area contributed by atoms with Crippen molar-refractivity contribution in [2.45, 2.75) is 27.4 Å². The van der Waals surface area contributed by atoms with Gasteiger partial charge < -0.3 is 9.94 Å². The molecule has 0 bridgehead atoms. The molecule has 150 valence electrons. The summed E-state index contributed by atoms with van der Waals surface area (Å²) in [6.45, 7) is 4.78. The highest BCUT2D eigenvalue weighted by Gasteiger charge is 2.30. The van der Waals surface area contributed by atoms with Gasteiger partial charge in [0.15, 0.2) is 5.69 Å². The molecule has 29 heavy (non-hydrogen) atoms. The minimum absolute atomic E-state index is 0.0392. The van der Waals surface area contributed by atoms with Crippen LogP contribution in [0, 0.1) is 10.6 Å². The van der Waals surface area contributed by atoms with E-state index in [1.165, 1.54) is 12.1 Å². The van der Waals surface area contributed by atoms with Gasteiger partial charge in [-0.2, -0.15) is 4.73 Å². The molecular formula is C21H18Cl2N2O4.